The summed E-state index contributed by atoms with van der Waals surface area (Å²) in [5.74, 6) is 0. The number of hydrogen-bond donors (Lipinski definition) is 0. The van der Waals surface area contributed by atoms with Crippen LogP contribution in [0.3, 0.4) is 0 Å². The molecular weight excluding hydrogens is 267 g/mol. The van der Waals surface area contributed by atoms with Crippen LogP contribution in [0.4, 0.5) is 0 Å². The second-order valence-corrected chi connectivity index (χ2v) is 6.65. The smallest absolute Gasteiger partial charge is 0.170 e. The van der Waals surface area contributed by atoms with Crippen LogP contribution in [-0.2, 0) is 15.5 Å². The van der Waals surface area contributed by atoms with Crippen molar-refractivity contribution in [3.63, 3.8) is 0 Å². The molecule has 0 N–H and O–H groups in total. The first-order chi connectivity index (χ1) is 9.86. The molecule has 0 aromatic heterocycles. The molecule has 0 amide bonds. The van der Waals surface area contributed by atoms with Gasteiger partial charge in [0, 0.05) is 6.16 Å². The van der Waals surface area contributed by atoms with Gasteiger partial charge < -0.3 is 9.05 Å². The minimum atomic E-state index is -0.680. The molecule has 3 heteroatoms. The van der Waals surface area contributed by atoms with E-state index in [1.54, 1.807) is 0 Å². The lowest BCUT2D eigenvalue weighted by atomic mass is 10.1. The lowest BCUT2D eigenvalue weighted by Gasteiger charge is -2.17. The predicted octanol–water partition coefficient (Wildman–Crippen LogP) is 5.56. The molecule has 1 aromatic rings. The molecule has 0 saturated carbocycles. The van der Waals surface area contributed by atoms with Crippen LogP contribution >= 0.6 is 8.38 Å². The van der Waals surface area contributed by atoms with E-state index >= 15 is 0 Å². The summed E-state index contributed by atoms with van der Waals surface area (Å²) in [6.07, 6.45) is 7.95. The number of aryl methyl sites for hydroxylation is 1. The zero-order valence-corrected chi connectivity index (χ0v) is 13.9. The van der Waals surface area contributed by atoms with Crippen molar-refractivity contribution in [3.8, 4) is 0 Å². The van der Waals surface area contributed by atoms with E-state index < -0.39 is 8.38 Å². The van der Waals surface area contributed by atoms with E-state index in [0.717, 1.165) is 45.1 Å². The highest BCUT2D eigenvalue weighted by atomic mass is 31.2. The first-order valence-electron chi connectivity index (χ1n) is 7.94. The molecule has 1 rings (SSSR count). The minimum absolute atomic E-state index is 0.680. The highest BCUT2D eigenvalue weighted by Crippen LogP contribution is 2.39. The third kappa shape index (κ3) is 8.68. The van der Waals surface area contributed by atoms with E-state index in [9.17, 15) is 0 Å². The molecule has 0 atom stereocenters. The summed E-state index contributed by atoms with van der Waals surface area (Å²) in [6.45, 7) is 6.08. The molecule has 0 aliphatic carbocycles. The van der Waals surface area contributed by atoms with Gasteiger partial charge in [-0.05, 0) is 31.2 Å². The van der Waals surface area contributed by atoms with Crippen LogP contribution < -0.4 is 0 Å². The van der Waals surface area contributed by atoms with Gasteiger partial charge in [-0.3, -0.25) is 0 Å². The Morgan fingerprint density at radius 3 is 2.00 bits per heavy atom. The van der Waals surface area contributed by atoms with E-state index in [1.807, 2.05) is 0 Å². The van der Waals surface area contributed by atoms with Crippen LogP contribution in [0, 0.1) is 0 Å². The molecule has 0 unspecified atom stereocenters. The first-order valence-corrected chi connectivity index (χ1v) is 9.30. The Morgan fingerprint density at radius 2 is 1.45 bits per heavy atom. The molecule has 0 aliphatic rings. The molecule has 1 aromatic carbocycles. The fourth-order valence-corrected chi connectivity index (χ4v) is 3.26. The topological polar surface area (TPSA) is 18.5 Å². The molecule has 0 fully saturated rings. The van der Waals surface area contributed by atoms with Gasteiger partial charge in [-0.15, -0.1) is 0 Å². The van der Waals surface area contributed by atoms with Crippen molar-refractivity contribution in [1.82, 2.24) is 0 Å². The number of unbranched alkanes of at least 4 members (excludes halogenated alkanes) is 2. The highest BCUT2D eigenvalue weighted by Gasteiger charge is 2.10. The largest absolute Gasteiger partial charge is 0.334 e. The Balaban J connectivity index is 2.23. The van der Waals surface area contributed by atoms with Crippen molar-refractivity contribution < 1.29 is 9.05 Å². The van der Waals surface area contributed by atoms with E-state index in [1.165, 1.54) is 18.4 Å². The number of rotatable bonds is 12. The zero-order valence-electron chi connectivity index (χ0n) is 13.0. The lowest BCUT2D eigenvalue weighted by molar-refractivity contribution is 0.243. The molecule has 0 radical (unpaired) electrons. The molecule has 0 spiro atoms. The van der Waals surface area contributed by atoms with Gasteiger partial charge in [-0.2, -0.15) is 0 Å². The zero-order chi connectivity index (χ0) is 14.5. The summed E-state index contributed by atoms with van der Waals surface area (Å²) in [5.41, 5.74) is 1.41. The maximum Gasteiger partial charge on any atom is 0.170 e. The minimum Gasteiger partial charge on any atom is -0.334 e. The molecule has 0 heterocycles. The van der Waals surface area contributed by atoms with E-state index in [-0.39, 0.29) is 0 Å². The molecule has 0 aliphatic heterocycles. The highest BCUT2D eigenvalue weighted by molar-refractivity contribution is 7.47. The maximum atomic E-state index is 5.91. The van der Waals surface area contributed by atoms with Gasteiger partial charge in [-0.25, -0.2) is 0 Å². The number of hydrogen-bond acceptors (Lipinski definition) is 2. The van der Waals surface area contributed by atoms with Crippen molar-refractivity contribution in [2.45, 2.75) is 52.4 Å². The third-order valence-electron chi connectivity index (χ3n) is 3.12. The van der Waals surface area contributed by atoms with Crippen LogP contribution in [0.25, 0.3) is 0 Å². The first kappa shape index (κ1) is 17.6. The molecule has 114 valence electrons. The second-order valence-electron chi connectivity index (χ2n) is 5.02. The number of benzene rings is 1. The summed E-state index contributed by atoms with van der Waals surface area (Å²) in [6, 6.07) is 10.7. The molecule has 20 heavy (non-hydrogen) atoms. The molecule has 0 bridgehead atoms. The summed E-state index contributed by atoms with van der Waals surface area (Å²) in [7, 11) is -0.680. The van der Waals surface area contributed by atoms with Crippen LogP contribution in [0.1, 0.15) is 51.5 Å². The van der Waals surface area contributed by atoms with Crippen LogP contribution in [-0.4, -0.2) is 19.4 Å². The SMILES string of the molecule is CCCCOP(CCCc1ccccc1)OCCCC. The lowest BCUT2D eigenvalue weighted by Crippen LogP contribution is -2.00. The Bertz CT molecular complexity index is 306. The van der Waals surface area contributed by atoms with Crippen molar-refractivity contribution in [2.24, 2.45) is 0 Å². The fraction of sp³-hybridized carbons (Fsp3) is 0.647. The summed E-state index contributed by atoms with van der Waals surface area (Å²) in [5, 5.41) is 0. The average Bonchev–Trinajstić information content (AvgIpc) is 2.48. The van der Waals surface area contributed by atoms with Crippen molar-refractivity contribution in [2.75, 3.05) is 19.4 Å². The van der Waals surface area contributed by atoms with E-state index in [4.69, 9.17) is 9.05 Å². The van der Waals surface area contributed by atoms with Gasteiger partial charge in [-0.1, -0.05) is 57.0 Å². The normalized spacial score (nSPS) is 11.2. The van der Waals surface area contributed by atoms with E-state index in [0.29, 0.717) is 0 Å². The molecule has 2 nitrogen and oxygen atoms in total. The maximum absolute atomic E-state index is 5.91. The fourth-order valence-electron chi connectivity index (χ4n) is 1.84. The van der Waals surface area contributed by atoms with Crippen molar-refractivity contribution in [1.29, 1.82) is 0 Å². The van der Waals surface area contributed by atoms with Crippen LogP contribution in [0.5, 0.6) is 0 Å². The van der Waals surface area contributed by atoms with Gasteiger partial charge in [0.2, 0.25) is 0 Å². The van der Waals surface area contributed by atoms with Crippen LogP contribution in [0.15, 0.2) is 30.3 Å². The van der Waals surface area contributed by atoms with Gasteiger partial charge in [0.05, 0.1) is 13.2 Å². The van der Waals surface area contributed by atoms with Crippen LogP contribution in [0.2, 0.25) is 0 Å². The summed E-state index contributed by atoms with van der Waals surface area (Å²) in [4.78, 5) is 0. The summed E-state index contributed by atoms with van der Waals surface area (Å²) >= 11 is 0. The predicted molar refractivity (Wildman–Crippen MR) is 88.3 cm³/mol. The summed E-state index contributed by atoms with van der Waals surface area (Å²) < 4.78 is 11.8. The van der Waals surface area contributed by atoms with Crippen molar-refractivity contribution in [3.05, 3.63) is 35.9 Å². The second kappa shape index (κ2) is 12.3. The Kier molecular flexibility index (Phi) is 10.9. The van der Waals surface area contributed by atoms with Gasteiger partial charge in [0.25, 0.3) is 0 Å². The van der Waals surface area contributed by atoms with Gasteiger partial charge in [0.15, 0.2) is 8.38 Å². The Hall–Kier alpha value is -0.430. The monoisotopic (exact) mass is 296 g/mol. The quantitative estimate of drug-likeness (QED) is 0.371. The van der Waals surface area contributed by atoms with E-state index in [2.05, 4.69) is 44.2 Å². The third-order valence-corrected chi connectivity index (χ3v) is 4.74. The average molecular weight is 296 g/mol. The molecular formula is C17H29O2P. The Morgan fingerprint density at radius 1 is 0.850 bits per heavy atom. The standard InChI is InChI=1S/C17H29O2P/c1-3-5-14-18-20(19-15-6-4-2)16-10-13-17-11-8-7-9-12-17/h7-9,11-12H,3-6,10,13-16H2,1-2H3. The Labute approximate surface area is 125 Å². The van der Waals surface area contributed by atoms with Crippen molar-refractivity contribution >= 4 is 8.38 Å². The van der Waals surface area contributed by atoms with Gasteiger partial charge in [0.1, 0.15) is 0 Å². The molecule has 0 saturated heterocycles. The van der Waals surface area contributed by atoms with Gasteiger partial charge >= 0.3 is 0 Å².